The number of halogens is 1. The fourth-order valence-corrected chi connectivity index (χ4v) is 4.58. The van der Waals surface area contributed by atoms with Crippen LogP contribution < -0.4 is 0 Å². The van der Waals surface area contributed by atoms with Crippen LogP contribution in [-0.2, 0) is 11.2 Å². The van der Waals surface area contributed by atoms with Gasteiger partial charge in [0.05, 0.1) is 17.3 Å². The van der Waals surface area contributed by atoms with Gasteiger partial charge in [0.1, 0.15) is 0 Å². The highest BCUT2D eigenvalue weighted by molar-refractivity contribution is 9.09. The number of alkyl halides is 1. The summed E-state index contributed by atoms with van der Waals surface area (Å²) in [6.45, 7) is 0.860. The Bertz CT molecular complexity index is 406. The Balaban J connectivity index is 1.71. The maximum atomic E-state index is 6.04. The lowest BCUT2D eigenvalue weighted by Crippen LogP contribution is -2.40. The van der Waals surface area contributed by atoms with Gasteiger partial charge in [0.25, 0.3) is 0 Å². The Morgan fingerprint density at radius 2 is 2.56 bits per heavy atom. The number of nitrogens with zero attached hydrogens (tertiary/aromatic N) is 3. The topological polar surface area (TPSA) is 39.9 Å². The Morgan fingerprint density at radius 1 is 1.61 bits per heavy atom. The fourth-order valence-electron chi connectivity index (χ4n) is 2.79. The number of hydrogen-bond acceptors (Lipinski definition) is 4. The molecule has 2 fully saturated rings. The Hall–Kier alpha value is -0.0700. The summed E-state index contributed by atoms with van der Waals surface area (Å²) in [5.74, 6) is 2.38. The van der Waals surface area contributed by atoms with Crippen molar-refractivity contribution in [2.24, 2.45) is 0 Å². The number of aryl methyl sites for hydroxylation is 1. The molecule has 2 aliphatic heterocycles. The molecule has 2 atom stereocenters. The summed E-state index contributed by atoms with van der Waals surface area (Å²) >= 11 is 5.45. The molecule has 0 radical (unpaired) electrons. The number of ether oxygens (including phenoxy) is 1. The zero-order valence-corrected chi connectivity index (χ0v) is 12.8. The number of rotatable bonds is 3. The smallest absolute Gasteiger partial charge is 0.0835 e. The molecule has 1 aromatic rings. The monoisotopic (exact) mass is 331 g/mol. The molecule has 1 spiro atoms. The van der Waals surface area contributed by atoms with E-state index in [9.17, 15) is 0 Å². The van der Waals surface area contributed by atoms with Crippen LogP contribution in [0.5, 0.6) is 0 Å². The minimum Gasteiger partial charge on any atom is -0.374 e. The number of aromatic nitrogens is 3. The molecule has 0 bridgehead atoms. The van der Waals surface area contributed by atoms with Crippen molar-refractivity contribution < 1.29 is 4.74 Å². The zero-order chi connectivity index (χ0) is 12.4. The predicted molar refractivity (Wildman–Crippen MR) is 76.4 cm³/mol. The first-order chi connectivity index (χ1) is 8.81. The third-order valence-electron chi connectivity index (χ3n) is 3.82. The van der Waals surface area contributed by atoms with Crippen LogP contribution in [0.25, 0.3) is 0 Å². The van der Waals surface area contributed by atoms with Gasteiger partial charge in [-0.3, -0.25) is 0 Å². The summed E-state index contributed by atoms with van der Waals surface area (Å²) < 4.78 is 8.10. The van der Waals surface area contributed by atoms with E-state index in [-0.39, 0.29) is 5.60 Å². The van der Waals surface area contributed by atoms with E-state index in [0.29, 0.717) is 6.04 Å². The van der Waals surface area contributed by atoms with Crippen LogP contribution in [0, 0.1) is 0 Å². The second-order valence-corrected chi connectivity index (χ2v) is 7.01. The molecule has 4 nitrogen and oxygen atoms in total. The molecule has 0 amide bonds. The maximum absolute atomic E-state index is 6.04. The molecule has 6 heteroatoms. The first-order valence-corrected chi connectivity index (χ1v) is 8.77. The van der Waals surface area contributed by atoms with Gasteiger partial charge in [0.15, 0.2) is 0 Å². The van der Waals surface area contributed by atoms with Gasteiger partial charge < -0.3 is 4.74 Å². The highest BCUT2D eigenvalue weighted by atomic mass is 79.9. The van der Waals surface area contributed by atoms with Gasteiger partial charge in [-0.15, -0.1) is 5.10 Å². The normalized spacial score (nSPS) is 32.2. The van der Waals surface area contributed by atoms with E-state index in [1.807, 2.05) is 11.8 Å². The molecular formula is C12H18BrN3OS. The second kappa shape index (κ2) is 5.51. The third-order valence-corrected chi connectivity index (χ3v) is 5.44. The molecule has 0 saturated carbocycles. The molecule has 2 saturated heterocycles. The van der Waals surface area contributed by atoms with Crippen molar-refractivity contribution >= 4 is 27.7 Å². The standard InChI is InChI=1S/C12H18BrN3OS/c13-4-1-10-8-16(15-14-10)11-2-5-17-12(7-11)3-6-18-9-12/h8,11H,1-7,9H2. The second-order valence-electron chi connectivity index (χ2n) is 5.11. The molecule has 18 heavy (non-hydrogen) atoms. The summed E-state index contributed by atoms with van der Waals surface area (Å²) in [5.41, 5.74) is 1.20. The van der Waals surface area contributed by atoms with E-state index in [0.717, 1.165) is 42.6 Å². The van der Waals surface area contributed by atoms with Crippen LogP contribution in [0.15, 0.2) is 6.20 Å². The molecule has 0 N–H and O–H groups in total. The Labute approximate surface area is 120 Å². The fraction of sp³-hybridized carbons (Fsp3) is 0.833. The van der Waals surface area contributed by atoms with Crippen molar-refractivity contribution in [3.8, 4) is 0 Å². The van der Waals surface area contributed by atoms with E-state index >= 15 is 0 Å². The van der Waals surface area contributed by atoms with Crippen LogP contribution in [-0.4, -0.2) is 44.0 Å². The van der Waals surface area contributed by atoms with E-state index < -0.39 is 0 Å². The maximum Gasteiger partial charge on any atom is 0.0835 e. The van der Waals surface area contributed by atoms with E-state index in [4.69, 9.17) is 4.74 Å². The lowest BCUT2D eigenvalue weighted by atomic mass is 9.90. The summed E-state index contributed by atoms with van der Waals surface area (Å²) in [6, 6.07) is 0.467. The first-order valence-electron chi connectivity index (χ1n) is 6.50. The van der Waals surface area contributed by atoms with Gasteiger partial charge in [-0.2, -0.15) is 11.8 Å². The summed E-state index contributed by atoms with van der Waals surface area (Å²) in [7, 11) is 0. The van der Waals surface area contributed by atoms with Crippen LogP contribution in [0.3, 0.4) is 0 Å². The SMILES string of the molecule is BrCCc1cn(C2CCOC3(CCSC3)C2)nn1. The van der Waals surface area contributed by atoms with E-state index in [1.165, 1.54) is 12.2 Å². The van der Waals surface area contributed by atoms with Crippen molar-refractivity contribution in [2.75, 3.05) is 23.4 Å². The predicted octanol–water partition coefficient (Wildman–Crippen LogP) is 2.44. The molecule has 3 rings (SSSR count). The first kappa shape index (κ1) is 12.9. The van der Waals surface area contributed by atoms with E-state index in [1.54, 1.807) is 0 Å². The van der Waals surface area contributed by atoms with Crippen molar-refractivity contribution in [1.29, 1.82) is 0 Å². The van der Waals surface area contributed by atoms with Gasteiger partial charge in [0, 0.05) is 30.3 Å². The minimum absolute atomic E-state index is 0.120. The van der Waals surface area contributed by atoms with Crippen LogP contribution >= 0.6 is 27.7 Å². The van der Waals surface area contributed by atoms with Crippen molar-refractivity contribution in [3.05, 3.63) is 11.9 Å². The average Bonchev–Trinajstić information content (AvgIpc) is 3.00. The highest BCUT2D eigenvalue weighted by Crippen LogP contribution is 2.41. The molecule has 0 aromatic carbocycles. The molecule has 3 heterocycles. The molecule has 100 valence electrons. The molecule has 2 unspecified atom stereocenters. The molecular weight excluding hydrogens is 314 g/mol. The summed E-state index contributed by atoms with van der Waals surface area (Å²) in [6.07, 6.45) is 6.40. The lowest BCUT2D eigenvalue weighted by molar-refractivity contribution is -0.0780. The van der Waals surface area contributed by atoms with Crippen molar-refractivity contribution in [3.63, 3.8) is 0 Å². The molecule has 1 aromatic heterocycles. The lowest BCUT2D eigenvalue weighted by Gasteiger charge is -2.37. The van der Waals surface area contributed by atoms with Gasteiger partial charge in [-0.1, -0.05) is 21.1 Å². The number of hydrogen-bond donors (Lipinski definition) is 0. The van der Waals surface area contributed by atoms with Gasteiger partial charge in [-0.25, -0.2) is 4.68 Å². The van der Waals surface area contributed by atoms with Gasteiger partial charge >= 0.3 is 0 Å². The summed E-state index contributed by atoms with van der Waals surface area (Å²) in [4.78, 5) is 0. The van der Waals surface area contributed by atoms with Crippen LogP contribution in [0.2, 0.25) is 0 Å². The van der Waals surface area contributed by atoms with Crippen molar-refractivity contribution in [2.45, 2.75) is 37.3 Å². The quantitative estimate of drug-likeness (QED) is 0.797. The summed E-state index contributed by atoms with van der Waals surface area (Å²) in [5, 5.41) is 9.47. The minimum atomic E-state index is 0.120. The Kier molecular flexibility index (Phi) is 3.96. The largest absolute Gasteiger partial charge is 0.374 e. The van der Waals surface area contributed by atoms with Crippen LogP contribution in [0.4, 0.5) is 0 Å². The number of thioether (sulfide) groups is 1. The molecule has 0 aliphatic carbocycles. The highest BCUT2D eigenvalue weighted by Gasteiger charge is 2.41. The van der Waals surface area contributed by atoms with E-state index in [2.05, 4.69) is 37.1 Å². The Morgan fingerprint density at radius 3 is 3.33 bits per heavy atom. The third kappa shape index (κ3) is 2.60. The average molecular weight is 332 g/mol. The van der Waals surface area contributed by atoms with Crippen LogP contribution in [0.1, 0.15) is 31.0 Å². The van der Waals surface area contributed by atoms with Gasteiger partial charge in [0.2, 0.25) is 0 Å². The van der Waals surface area contributed by atoms with Gasteiger partial charge in [-0.05, 0) is 25.0 Å². The molecule has 2 aliphatic rings. The zero-order valence-electron chi connectivity index (χ0n) is 10.3. The van der Waals surface area contributed by atoms with Crippen molar-refractivity contribution in [1.82, 2.24) is 15.0 Å².